The molecule has 0 radical (unpaired) electrons. The van der Waals surface area contributed by atoms with Crippen LogP contribution in [0.4, 0.5) is 0 Å². The van der Waals surface area contributed by atoms with E-state index in [1.807, 2.05) is 59.7 Å². The van der Waals surface area contributed by atoms with E-state index in [4.69, 9.17) is 21.4 Å². The molecular weight excluding hydrogens is 701 g/mol. The Bertz CT molecular complexity index is 2870. The van der Waals surface area contributed by atoms with Crippen LogP contribution < -0.4 is 22.6 Å². The first kappa shape index (κ1) is 37.8. The Labute approximate surface area is 324 Å². The van der Waals surface area contributed by atoms with E-state index in [1.54, 1.807) is 11.3 Å². The Kier molecular flexibility index (Phi) is 10.3. The van der Waals surface area contributed by atoms with Crippen molar-refractivity contribution in [3.05, 3.63) is 138 Å². The van der Waals surface area contributed by atoms with Crippen molar-refractivity contribution in [2.75, 3.05) is 13.1 Å². The molecule has 280 valence electrons. The number of rotatable bonds is 6. The molecule has 55 heavy (non-hydrogen) atoms. The molecule has 5 heterocycles. The summed E-state index contributed by atoms with van der Waals surface area (Å²) in [5.74, 6) is 0.651. The number of aromatic amines is 2. The van der Waals surface area contributed by atoms with Crippen molar-refractivity contribution in [1.29, 1.82) is 0 Å². The highest BCUT2D eigenvalue weighted by atomic mass is 32.1. The van der Waals surface area contributed by atoms with E-state index >= 15 is 0 Å². The van der Waals surface area contributed by atoms with Crippen LogP contribution in [0.15, 0.2) is 82.4 Å². The van der Waals surface area contributed by atoms with E-state index in [-0.39, 0.29) is 11.1 Å². The lowest BCUT2D eigenvalue weighted by Crippen LogP contribution is -2.10. The third kappa shape index (κ3) is 6.77. The van der Waals surface area contributed by atoms with Crippen molar-refractivity contribution >= 4 is 54.0 Å². The second-order valence-corrected chi connectivity index (χ2v) is 16.1. The monoisotopic (exact) mass is 748 g/mol. The van der Waals surface area contributed by atoms with Crippen molar-refractivity contribution < 1.29 is 0 Å². The molecule has 5 aromatic heterocycles. The van der Waals surface area contributed by atoms with E-state index in [1.165, 1.54) is 11.1 Å². The summed E-state index contributed by atoms with van der Waals surface area (Å²) in [6, 6.07) is 25.2. The molecule has 0 aliphatic heterocycles. The third-order valence-electron chi connectivity index (χ3n) is 10.9. The Morgan fingerprint density at radius 1 is 0.600 bits per heavy atom. The van der Waals surface area contributed by atoms with Crippen LogP contribution >= 0.6 is 11.3 Å². The molecule has 6 N–H and O–H groups in total. The maximum absolute atomic E-state index is 12.8. The molecule has 3 aromatic carbocycles. The van der Waals surface area contributed by atoms with Crippen LogP contribution in [0.3, 0.4) is 0 Å². The summed E-state index contributed by atoms with van der Waals surface area (Å²) in [4.78, 5) is 42.0. The lowest BCUT2D eigenvalue weighted by atomic mass is 9.92. The number of nitrogens with two attached hydrogens (primary N) is 2. The maximum Gasteiger partial charge on any atom is 0.266 e. The van der Waals surface area contributed by atoms with Gasteiger partial charge in [0.15, 0.2) is 0 Å². The fraction of sp³-hybridized carbons (Fsp3) is 0.261. The number of nitrogens with zero attached hydrogens (tertiary/aromatic N) is 2. The summed E-state index contributed by atoms with van der Waals surface area (Å²) in [5.41, 5.74) is 24.6. The first-order valence-electron chi connectivity index (χ1n) is 18.8. The summed E-state index contributed by atoms with van der Waals surface area (Å²) >= 11 is 1.54. The number of hydrogen-bond donors (Lipinski definition) is 4. The number of aromatic nitrogens is 4. The Morgan fingerprint density at radius 3 is 1.56 bits per heavy atom. The normalized spacial score (nSPS) is 12.7. The van der Waals surface area contributed by atoms with Gasteiger partial charge in [-0.05, 0) is 106 Å². The molecule has 8 nitrogen and oxygen atoms in total. The predicted octanol–water partition coefficient (Wildman–Crippen LogP) is 9.52. The molecule has 8 aromatic rings. The van der Waals surface area contributed by atoms with Crippen LogP contribution in [0.5, 0.6) is 0 Å². The second-order valence-electron chi connectivity index (χ2n) is 14.8. The SMILES string of the molecule is Cc1cc2c(s1)c(=O)[nH]c1c(C)nc(C)c(-c3ccc(C(C)CN)cc3)c12.Cc1nc(C)c2[nH]c(=O)c3c(C)cccc3c2c1-c1ccc(C(C)CN)cc1. The minimum Gasteiger partial charge on any atom is -0.330 e. The summed E-state index contributed by atoms with van der Waals surface area (Å²) in [6.07, 6.45) is 0. The minimum atomic E-state index is -0.0626. The van der Waals surface area contributed by atoms with Crippen molar-refractivity contribution in [1.82, 2.24) is 19.9 Å². The number of benzene rings is 3. The number of thiophene rings is 1. The van der Waals surface area contributed by atoms with Gasteiger partial charge in [0.2, 0.25) is 0 Å². The van der Waals surface area contributed by atoms with E-state index in [2.05, 4.69) is 78.4 Å². The van der Waals surface area contributed by atoms with Gasteiger partial charge in [-0.3, -0.25) is 19.6 Å². The van der Waals surface area contributed by atoms with Gasteiger partial charge in [-0.2, -0.15) is 0 Å². The summed E-state index contributed by atoms with van der Waals surface area (Å²) in [6.45, 7) is 17.5. The fourth-order valence-corrected chi connectivity index (χ4v) is 8.79. The molecule has 0 aliphatic rings. The Balaban J connectivity index is 0.000000169. The van der Waals surface area contributed by atoms with E-state index in [0.29, 0.717) is 24.9 Å². The summed E-state index contributed by atoms with van der Waals surface area (Å²) in [5, 5.41) is 4.87. The molecule has 9 heteroatoms. The minimum absolute atomic E-state index is 0.0394. The molecule has 8 rings (SSSR count). The van der Waals surface area contributed by atoms with Gasteiger partial charge < -0.3 is 21.4 Å². The van der Waals surface area contributed by atoms with Gasteiger partial charge in [-0.1, -0.05) is 80.6 Å². The third-order valence-corrected chi connectivity index (χ3v) is 12.0. The number of pyridine rings is 4. The van der Waals surface area contributed by atoms with Crippen LogP contribution in [0.25, 0.3) is 64.9 Å². The number of nitrogens with one attached hydrogen (secondary N) is 2. The first-order chi connectivity index (χ1) is 26.3. The number of fused-ring (bicyclic) bond motifs is 6. The zero-order valence-electron chi connectivity index (χ0n) is 32.8. The predicted molar refractivity (Wildman–Crippen MR) is 232 cm³/mol. The van der Waals surface area contributed by atoms with E-state index < -0.39 is 0 Å². The highest BCUT2D eigenvalue weighted by Gasteiger charge is 2.19. The average molecular weight is 749 g/mol. The van der Waals surface area contributed by atoms with Gasteiger partial charge in [-0.15, -0.1) is 11.3 Å². The zero-order valence-corrected chi connectivity index (χ0v) is 33.6. The molecule has 0 aliphatic carbocycles. The molecule has 0 amide bonds. The Hall–Kier alpha value is -5.48. The summed E-state index contributed by atoms with van der Waals surface area (Å²) in [7, 11) is 0. The molecule has 0 spiro atoms. The quantitative estimate of drug-likeness (QED) is 0.125. The van der Waals surface area contributed by atoms with Gasteiger partial charge in [0, 0.05) is 43.6 Å². The molecule has 0 fully saturated rings. The average Bonchev–Trinajstić information content (AvgIpc) is 3.58. The van der Waals surface area contributed by atoms with Crippen LogP contribution in [0.2, 0.25) is 0 Å². The topological polar surface area (TPSA) is 144 Å². The number of H-pyrrole nitrogens is 2. The Morgan fingerprint density at radius 2 is 1.07 bits per heavy atom. The van der Waals surface area contributed by atoms with E-state index in [0.717, 1.165) is 98.1 Å². The highest BCUT2D eigenvalue weighted by Crippen LogP contribution is 2.39. The zero-order chi connectivity index (χ0) is 39.3. The smallest absolute Gasteiger partial charge is 0.266 e. The van der Waals surface area contributed by atoms with Gasteiger partial charge in [0.1, 0.15) is 4.70 Å². The fourth-order valence-electron chi connectivity index (χ4n) is 7.87. The number of hydrogen-bond acceptors (Lipinski definition) is 7. The second kappa shape index (κ2) is 15.0. The van der Waals surface area contributed by atoms with Crippen molar-refractivity contribution in [2.45, 2.75) is 67.2 Å². The molecule has 0 saturated heterocycles. The van der Waals surface area contributed by atoms with Gasteiger partial charge >= 0.3 is 0 Å². The van der Waals surface area contributed by atoms with Crippen LogP contribution in [-0.4, -0.2) is 33.0 Å². The molecular formula is C46H48N6O2S. The standard InChI is InChI=1S/C24H25N3O.C22H23N3OS/c1-13-6-5-7-19-20(13)24(28)27-23-16(4)26-15(3)21(22(19)23)18-10-8-17(9-11-18)14(2)12-25;1-11(10-23)15-5-7-16(8-6-15)18-13(3)24-14(4)20-19(18)17-9-12(2)27-21(17)22(26)25-20/h5-11,14H,12,25H2,1-4H3,(H,27,28);5-9,11H,10,23H2,1-4H3,(H,25,26). The molecule has 2 atom stereocenters. The largest absolute Gasteiger partial charge is 0.330 e. The molecule has 0 bridgehead atoms. The van der Waals surface area contributed by atoms with Gasteiger partial charge in [0.25, 0.3) is 11.1 Å². The van der Waals surface area contributed by atoms with Gasteiger partial charge in [-0.25, -0.2) is 0 Å². The summed E-state index contributed by atoms with van der Waals surface area (Å²) < 4.78 is 0.777. The first-order valence-corrected chi connectivity index (χ1v) is 19.6. The molecule has 2 unspecified atom stereocenters. The van der Waals surface area contributed by atoms with Gasteiger partial charge in [0.05, 0.1) is 27.8 Å². The maximum atomic E-state index is 12.8. The lowest BCUT2D eigenvalue weighted by Gasteiger charge is -2.16. The van der Waals surface area contributed by atoms with Crippen LogP contribution in [0.1, 0.15) is 70.0 Å². The van der Waals surface area contributed by atoms with Crippen LogP contribution in [-0.2, 0) is 0 Å². The number of aryl methyl sites for hydroxylation is 6. The van der Waals surface area contributed by atoms with Crippen molar-refractivity contribution in [3.63, 3.8) is 0 Å². The molecule has 0 saturated carbocycles. The highest BCUT2D eigenvalue weighted by molar-refractivity contribution is 7.19. The van der Waals surface area contributed by atoms with Crippen molar-refractivity contribution in [2.24, 2.45) is 11.5 Å². The van der Waals surface area contributed by atoms with E-state index in [9.17, 15) is 9.59 Å². The lowest BCUT2D eigenvalue weighted by molar-refractivity contribution is 0.774. The van der Waals surface area contributed by atoms with Crippen molar-refractivity contribution in [3.8, 4) is 22.3 Å². The van der Waals surface area contributed by atoms with Crippen LogP contribution in [0, 0.1) is 41.5 Å².